The Bertz CT molecular complexity index is 811. The van der Waals surface area contributed by atoms with Crippen molar-refractivity contribution in [1.82, 2.24) is 9.97 Å². The standard InChI is InChI=1S/C19H18FN3O2/c20-18-11-15(14-5-7-21-8-6-14)1-2-16(18)12-22-17-3-4-19(23-13-17)25-10-9-24/h1-8,11,13,22,24H,9-10,12H2. The summed E-state index contributed by atoms with van der Waals surface area (Å²) in [5, 5.41) is 11.8. The lowest BCUT2D eigenvalue weighted by atomic mass is 10.0. The van der Waals surface area contributed by atoms with Crippen LogP contribution < -0.4 is 10.1 Å². The van der Waals surface area contributed by atoms with E-state index in [1.54, 1.807) is 36.8 Å². The van der Waals surface area contributed by atoms with Crippen molar-refractivity contribution in [3.8, 4) is 17.0 Å². The van der Waals surface area contributed by atoms with E-state index in [1.165, 1.54) is 6.07 Å². The van der Waals surface area contributed by atoms with Crippen molar-refractivity contribution in [3.05, 3.63) is 72.4 Å². The second-order valence-electron chi connectivity index (χ2n) is 5.35. The van der Waals surface area contributed by atoms with Gasteiger partial charge in [-0.2, -0.15) is 0 Å². The van der Waals surface area contributed by atoms with Crippen LogP contribution in [0.5, 0.6) is 5.88 Å². The van der Waals surface area contributed by atoms with Crippen molar-refractivity contribution in [1.29, 1.82) is 0 Å². The Kier molecular flexibility index (Phi) is 5.53. The topological polar surface area (TPSA) is 67.3 Å². The van der Waals surface area contributed by atoms with E-state index in [2.05, 4.69) is 15.3 Å². The maximum atomic E-state index is 14.3. The second kappa shape index (κ2) is 8.21. The monoisotopic (exact) mass is 339 g/mol. The van der Waals surface area contributed by atoms with E-state index in [0.717, 1.165) is 16.8 Å². The minimum Gasteiger partial charge on any atom is -0.475 e. The van der Waals surface area contributed by atoms with Gasteiger partial charge in [0, 0.05) is 30.6 Å². The van der Waals surface area contributed by atoms with E-state index >= 15 is 0 Å². The predicted octanol–water partition coefficient (Wildman–Crippen LogP) is 3.27. The highest BCUT2D eigenvalue weighted by Gasteiger charge is 2.06. The molecule has 0 saturated carbocycles. The Balaban J connectivity index is 1.63. The molecule has 2 aromatic heterocycles. The zero-order valence-corrected chi connectivity index (χ0v) is 13.5. The molecule has 0 aliphatic carbocycles. The molecule has 2 heterocycles. The third kappa shape index (κ3) is 4.51. The third-order valence-corrected chi connectivity index (χ3v) is 3.63. The Labute approximate surface area is 145 Å². The molecule has 3 aromatic rings. The molecule has 25 heavy (non-hydrogen) atoms. The molecule has 2 N–H and O–H groups in total. The quantitative estimate of drug-likeness (QED) is 0.691. The van der Waals surface area contributed by atoms with Crippen molar-refractivity contribution in [3.63, 3.8) is 0 Å². The zero-order chi connectivity index (χ0) is 17.5. The first-order valence-electron chi connectivity index (χ1n) is 7.88. The fourth-order valence-electron chi connectivity index (χ4n) is 2.33. The lowest BCUT2D eigenvalue weighted by Crippen LogP contribution is -2.04. The number of aliphatic hydroxyl groups is 1. The SMILES string of the molecule is OCCOc1ccc(NCc2ccc(-c3ccncc3)cc2F)cn1. The summed E-state index contributed by atoms with van der Waals surface area (Å²) < 4.78 is 19.5. The largest absolute Gasteiger partial charge is 0.475 e. The number of aliphatic hydroxyl groups excluding tert-OH is 1. The number of hydrogen-bond acceptors (Lipinski definition) is 5. The smallest absolute Gasteiger partial charge is 0.213 e. The number of benzene rings is 1. The minimum absolute atomic E-state index is 0.0591. The fraction of sp³-hybridized carbons (Fsp3) is 0.158. The number of nitrogens with one attached hydrogen (secondary N) is 1. The number of nitrogens with zero attached hydrogens (tertiary/aromatic N) is 2. The molecular formula is C19H18FN3O2. The molecule has 0 aliphatic heterocycles. The zero-order valence-electron chi connectivity index (χ0n) is 13.5. The second-order valence-corrected chi connectivity index (χ2v) is 5.35. The van der Waals surface area contributed by atoms with Crippen LogP contribution in [0.1, 0.15) is 5.56 Å². The summed E-state index contributed by atoms with van der Waals surface area (Å²) >= 11 is 0. The van der Waals surface area contributed by atoms with Crippen molar-refractivity contribution in [2.75, 3.05) is 18.5 Å². The number of aromatic nitrogens is 2. The molecule has 1 aromatic carbocycles. The molecular weight excluding hydrogens is 321 g/mol. The van der Waals surface area contributed by atoms with Crippen molar-refractivity contribution in [2.24, 2.45) is 0 Å². The number of pyridine rings is 2. The van der Waals surface area contributed by atoms with Crippen LogP contribution in [0, 0.1) is 5.82 Å². The van der Waals surface area contributed by atoms with Gasteiger partial charge in [0.15, 0.2) is 0 Å². The van der Waals surface area contributed by atoms with Crippen LogP contribution in [-0.4, -0.2) is 28.3 Å². The normalized spacial score (nSPS) is 10.5. The van der Waals surface area contributed by atoms with Gasteiger partial charge in [0.2, 0.25) is 5.88 Å². The summed E-state index contributed by atoms with van der Waals surface area (Å²) in [7, 11) is 0. The van der Waals surface area contributed by atoms with Crippen molar-refractivity contribution >= 4 is 5.69 Å². The molecule has 0 unspecified atom stereocenters. The van der Waals surface area contributed by atoms with E-state index in [0.29, 0.717) is 18.0 Å². The van der Waals surface area contributed by atoms with Gasteiger partial charge < -0.3 is 15.2 Å². The van der Waals surface area contributed by atoms with E-state index in [-0.39, 0.29) is 19.0 Å². The number of anilines is 1. The molecule has 0 aliphatic rings. The minimum atomic E-state index is -0.266. The van der Waals surface area contributed by atoms with Gasteiger partial charge in [-0.25, -0.2) is 9.37 Å². The summed E-state index contributed by atoms with van der Waals surface area (Å²) in [4.78, 5) is 8.07. The maximum Gasteiger partial charge on any atom is 0.213 e. The van der Waals surface area contributed by atoms with Gasteiger partial charge in [-0.05, 0) is 35.4 Å². The summed E-state index contributed by atoms with van der Waals surface area (Å²) in [5.41, 5.74) is 3.07. The molecule has 0 amide bonds. The maximum absolute atomic E-state index is 14.3. The molecule has 0 saturated heterocycles. The van der Waals surface area contributed by atoms with E-state index in [4.69, 9.17) is 9.84 Å². The number of ether oxygens (including phenoxy) is 1. The molecule has 3 rings (SSSR count). The lowest BCUT2D eigenvalue weighted by molar-refractivity contribution is 0.196. The third-order valence-electron chi connectivity index (χ3n) is 3.63. The van der Waals surface area contributed by atoms with Gasteiger partial charge in [0.1, 0.15) is 12.4 Å². The van der Waals surface area contributed by atoms with Gasteiger partial charge >= 0.3 is 0 Å². The predicted molar refractivity (Wildman–Crippen MR) is 93.8 cm³/mol. The van der Waals surface area contributed by atoms with Crippen LogP contribution in [-0.2, 0) is 6.54 Å². The Hall–Kier alpha value is -2.99. The van der Waals surface area contributed by atoms with Crippen LogP contribution in [0.2, 0.25) is 0 Å². The van der Waals surface area contributed by atoms with Crippen LogP contribution in [0.4, 0.5) is 10.1 Å². The number of rotatable bonds is 7. The molecule has 0 bridgehead atoms. The summed E-state index contributed by atoms with van der Waals surface area (Å²) in [6, 6.07) is 12.4. The summed E-state index contributed by atoms with van der Waals surface area (Å²) in [6.45, 7) is 0.492. The van der Waals surface area contributed by atoms with Gasteiger partial charge in [-0.3, -0.25) is 4.98 Å². The Morgan fingerprint density at radius 3 is 2.56 bits per heavy atom. The van der Waals surface area contributed by atoms with Gasteiger partial charge in [-0.15, -0.1) is 0 Å². The van der Waals surface area contributed by atoms with Crippen LogP contribution in [0.3, 0.4) is 0 Å². The number of halogens is 1. The van der Waals surface area contributed by atoms with Crippen LogP contribution >= 0.6 is 0 Å². The molecule has 128 valence electrons. The van der Waals surface area contributed by atoms with Crippen LogP contribution in [0.15, 0.2) is 61.1 Å². The first kappa shape index (κ1) is 16.9. The molecule has 5 nitrogen and oxygen atoms in total. The molecule has 0 spiro atoms. The van der Waals surface area contributed by atoms with Crippen molar-refractivity contribution < 1.29 is 14.2 Å². The lowest BCUT2D eigenvalue weighted by Gasteiger charge is -2.10. The summed E-state index contributed by atoms with van der Waals surface area (Å²) in [6.07, 6.45) is 4.98. The molecule has 0 atom stereocenters. The molecule has 6 heteroatoms. The molecule has 0 radical (unpaired) electrons. The van der Waals surface area contributed by atoms with Crippen LogP contribution in [0.25, 0.3) is 11.1 Å². The highest BCUT2D eigenvalue weighted by atomic mass is 19.1. The number of hydrogen-bond donors (Lipinski definition) is 2. The average molecular weight is 339 g/mol. The highest BCUT2D eigenvalue weighted by molar-refractivity contribution is 5.63. The van der Waals surface area contributed by atoms with Crippen molar-refractivity contribution in [2.45, 2.75) is 6.54 Å². The highest BCUT2D eigenvalue weighted by Crippen LogP contribution is 2.22. The van der Waals surface area contributed by atoms with E-state index in [1.807, 2.05) is 18.2 Å². The van der Waals surface area contributed by atoms with E-state index < -0.39 is 0 Å². The average Bonchev–Trinajstić information content (AvgIpc) is 2.67. The fourth-order valence-corrected chi connectivity index (χ4v) is 2.33. The Morgan fingerprint density at radius 2 is 1.88 bits per heavy atom. The first-order chi connectivity index (χ1) is 12.3. The molecule has 0 fully saturated rings. The van der Waals surface area contributed by atoms with E-state index in [9.17, 15) is 4.39 Å². The first-order valence-corrected chi connectivity index (χ1v) is 7.88. The summed E-state index contributed by atoms with van der Waals surface area (Å²) in [5.74, 6) is 0.171. The van der Waals surface area contributed by atoms with Gasteiger partial charge in [0.25, 0.3) is 0 Å². The van der Waals surface area contributed by atoms with Gasteiger partial charge in [-0.1, -0.05) is 12.1 Å². The van der Waals surface area contributed by atoms with Gasteiger partial charge in [0.05, 0.1) is 18.5 Å². The Morgan fingerprint density at radius 1 is 1.04 bits per heavy atom.